The van der Waals surface area contributed by atoms with Gasteiger partial charge in [-0.05, 0) is 48.7 Å². The molecule has 0 aromatic carbocycles. The predicted octanol–water partition coefficient (Wildman–Crippen LogP) is 5.75. The van der Waals surface area contributed by atoms with Crippen molar-refractivity contribution in [1.29, 1.82) is 0 Å². The maximum Gasteiger partial charge on any atom is 0.0519 e. The number of hydrogen-bond donors (Lipinski definition) is 1. The lowest BCUT2D eigenvalue weighted by Gasteiger charge is -2.31. The standard InChI is InChI=1S/C22H29NS/c1-22(2,3)17-11-5-6-12-18(17)23-19-13-8-10-16-15-9-4-7-14-20(15)24-21(16)19/h4-5,8-11,13,15-16,20-21,23H,6-7,12,14H2,1-3H3/t15-,16?,20?,21?/m0/s1. The summed E-state index contributed by atoms with van der Waals surface area (Å²) in [5, 5.41) is 5.30. The molecule has 3 unspecified atom stereocenters. The van der Waals surface area contributed by atoms with Gasteiger partial charge >= 0.3 is 0 Å². The second kappa shape index (κ2) is 6.29. The van der Waals surface area contributed by atoms with Crippen molar-refractivity contribution in [3.8, 4) is 0 Å². The Morgan fingerprint density at radius 2 is 1.96 bits per heavy atom. The lowest BCUT2D eigenvalue weighted by Crippen LogP contribution is -2.30. The van der Waals surface area contributed by atoms with Gasteiger partial charge in [0.2, 0.25) is 0 Å². The Balaban J connectivity index is 1.60. The van der Waals surface area contributed by atoms with Gasteiger partial charge in [0.1, 0.15) is 0 Å². The third kappa shape index (κ3) is 2.94. The fourth-order valence-electron chi connectivity index (χ4n) is 4.52. The smallest absolute Gasteiger partial charge is 0.0519 e. The quantitative estimate of drug-likeness (QED) is 0.643. The summed E-state index contributed by atoms with van der Waals surface area (Å²) in [6, 6.07) is 0. The van der Waals surface area contributed by atoms with E-state index in [1.165, 1.54) is 29.8 Å². The lowest BCUT2D eigenvalue weighted by atomic mass is 9.79. The van der Waals surface area contributed by atoms with Gasteiger partial charge in [0.25, 0.3) is 0 Å². The summed E-state index contributed by atoms with van der Waals surface area (Å²) in [5.74, 6) is 1.40. The molecule has 0 bridgehead atoms. The molecule has 0 radical (unpaired) electrons. The van der Waals surface area contributed by atoms with Crippen LogP contribution in [0.2, 0.25) is 0 Å². The Morgan fingerprint density at radius 1 is 1.08 bits per heavy atom. The first kappa shape index (κ1) is 16.3. The molecule has 1 saturated heterocycles. The minimum atomic E-state index is 0.198. The molecule has 4 atom stereocenters. The Kier molecular flexibility index (Phi) is 4.28. The molecule has 1 aliphatic heterocycles. The fraction of sp³-hybridized carbons (Fsp3) is 0.545. The highest BCUT2D eigenvalue weighted by atomic mass is 32.2. The van der Waals surface area contributed by atoms with E-state index in [4.69, 9.17) is 0 Å². The van der Waals surface area contributed by atoms with Crippen molar-refractivity contribution >= 4 is 11.8 Å². The molecule has 0 spiro atoms. The summed E-state index contributed by atoms with van der Waals surface area (Å²) < 4.78 is 0. The maximum atomic E-state index is 3.89. The fourth-order valence-corrected chi connectivity index (χ4v) is 6.36. The van der Waals surface area contributed by atoms with Crippen LogP contribution in [0.3, 0.4) is 0 Å². The van der Waals surface area contributed by atoms with Crippen molar-refractivity contribution in [3.05, 3.63) is 59.5 Å². The Morgan fingerprint density at radius 3 is 2.79 bits per heavy atom. The first-order chi connectivity index (χ1) is 11.5. The molecule has 0 saturated carbocycles. The van der Waals surface area contributed by atoms with E-state index < -0.39 is 0 Å². The van der Waals surface area contributed by atoms with E-state index >= 15 is 0 Å². The molecule has 2 heteroatoms. The van der Waals surface area contributed by atoms with Crippen LogP contribution in [0.1, 0.15) is 46.5 Å². The summed E-state index contributed by atoms with van der Waals surface area (Å²) >= 11 is 2.21. The summed E-state index contributed by atoms with van der Waals surface area (Å²) in [6.45, 7) is 6.96. The number of allylic oxidation sites excluding steroid dienone is 9. The molecular formula is C22H29NS. The van der Waals surface area contributed by atoms with Gasteiger partial charge in [-0.15, -0.1) is 11.8 Å². The van der Waals surface area contributed by atoms with E-state index in [0.717, 1.165) is 24.0 Å². The molecule has 0 aromatic heterocycles. The minimum Gasteiger partial charge on any atom is -0.361 e. The van der Waals surface area contributed by atoms with Crippen molar-refractivity contribution in [2.45, 2.75) is 57.0 Å². The summed E-state index contributed by atoms with van der Waals surface area (Å²) in [4.78, 5) is 0. The minimum absolute atomic E-state index is 0.198. The van der Waals surface area contributed by atoms with E-state index in [9.17, 15) is 0 Å². The predicted molar refractivity (Wildman–Crippen MR) is 106 cm³/mol. The Labute approximate surface area is 151 Å². The van der Waals surface area contributed by atoms with Crippen molar-refractivity contribution in [1.82, 2.24) is 5.32 Å². The summed E-state index contributed by atoms with van der Waals surface area (Å²) in [5.41, 5.74) is 4.54. The van der Waals surface area contributed by atoms with E-state index in [1.807, 2.05) is 0 Å². The molecule has 1 fully saturated rings. The van der Waals surface area contributed by atoms with E-state index in [-0.39, 0.29) is 5.41 Å². The van der Waals surface area contributed by atoms with Gasteiger partial charge in [-0.25, -0.2) is 0 Å². The lowest BCUT2D eigenvalue weighted by molar-refractivity contribution is 0.458. The number of hydrogen-bond acceptors (Lipinski definition) is 2. The van der Waals surface area contributed by atoms with Crippen LogP contribution in [0.5, 0.6) is 0 Å². The van der Waals surface area contributed by atoms with E-state index in [2.05, 4.69) is 80.4 Å². The zero-order valence-electron chi connectivity index (χ0n) is 15.1. The van der Waals surface area contributed by atoms with Gasteiger partial charge in [0, 0.05) is 22.6 Å². The third-order valence-electron chi connectivity index (χ3n) is 5.71. The van der Waals surface area contributed by atoms with Crippen LogP contribution >= 0.6 is 11.8 Å². The van der Waals surface area contributed by atoms with E-state index in [1.54, 1.807) is 0 Å². The molecule has 4 aliphatic rings. The highest BCUT2D eigenvalue weighted by Gasteiger charge is 2.44. The van der Waals surface area contributed by atoms with Crippen LogP contribution < -0.4 is 5.32 Å². The molecule has 3 aliphatic carbocycles. The molecule has 1 heterocycles. The number of nitrogens with one attached hydrogen (secondary N) is 1. The number of fused-ring (bicyclic) bond motifs is 3. The molecule has 0 amide bonds. The van der Waals surface area contributed by atoms with Gasteiger partial charge in [-0.3, -0.25) is 0 Å². The average molecular weight is 340 g/mol. The molecule has 0 aromatic rings. The van der Waals surface area contributed by atoms with Gasteiger partial charge < -0.3 is 5.32 Å². The maximum absolute atomic E-state index is 3.89. The molecule has 24 heavy (non-hydrogen) atoms. The molecule has 128 valence electrons. The van der Waals surface area contributed by atoms with Crippen LogP contribution in [0.25, 0.3) is 0 Å². The van der Waals surface area contributed by atoms with E-state index in [0.29, 0.717) is 11.2 Å². The zero-order chi connectivity index (χ0) is 16.7. The first-order valence-corrected chi connectivity index (χ1v) is 10.4. The SMILES string of the molecule is CC(C)(C)C1=C(NC2=CC=CC3C2SC2CCC=C[C@H]23)CCC=C1. The van der Waals surface area contributed by atoms with Crippen molar-refractivity contribution in [2.24, 2.45) is 17.3 Å². The zero-order valence-corrected chi connectivity index (χ0v) is 15.9. The largest absolute Gasteiger partial charge is 0.361 e. The van der Waals surface area contributed by atoms with Crippen LogP contribution in [0.4, 0.5) is 0 Å². The molecule has 1 N–H and O–H groups in total. The summed E-state index contributed by atoms with van der Waals surface area (Å²) in [7, 11) is 0. The van der Waals surface area contributed by atoms with Gasteiger partial charge in [0.15, 0.2) is 0 Å². The normalized spacial score (nSPS) is 34.9. The second-order valence-electron chi connectivity index (χ2n) is 8.47. The van der Waals surface area contributed by atoms with Crippen LogP contribution in [0, 0.1) is 17.3 Å². The summed E-state index contributed by atoms with van der Waals surface area (Å²) in [6.07, 6.45) is 21.5. The topological polar surface area (TPSA) is 12.0 Å². The second-order valence-corrected chi connectivity index (χ2v) is 9.86. The Bertz CT molecular complexity index is 656. The van der Waals surface area contributed by atoms with Gasteiger partial charge in [0.05, 0.1) is 5.25 Å². The average Bonchev–Trinajstić information content (AvgIpc) is 2.94. The van der Waals surface area contributed by atoms with Crippen molar-refractivity contribution < 1.29 is 0 Å². The monoisotopic (exact) mass is 339 g/mol. The van der Waals surface area contributed by atoms with Crippen molar-refractivity contribution in [2.75, 3.05) is 0 Å². The van der Waals surface area contributed by atoms with Crippen LogP contribution in [-0.2, 0) is 0 Å². The highest BCUT2D eigenvalue weighted by Crippen LogP contribution is 2.51. The van der Waals surface area contributed by atoms with Crippen LogP contribution in [0.15, 0.2) is 59.5 Å². The third-order valence-corrected chi connectivity index (χ3v) is 7.47. The number of thioether (sulfide) groups is 1. The van der Waals surface area contributed by atoms with Gasteiger partial charge in [-0.1, -0.05) is 57.2 Å². The highest BCUT2D eigenvalue weighted by molar-refractivity contribution is 8.01. The first-order valence-electron chi connectivity index (χ1n) is 9.42. The van der Waals surface area contributed by atoms with Crippen molar-refractivity contribution in [3.63, 3.8) is 0 Å². The number of rotatable bonds is 2. The molecule has 1 nitrogen and oxygen atoms in total. The molecule has 4 rings (SSSR count). The van der Waals surface area contributed by atoms with Crippen LogP contribution in [-0.4, -0.2) is 10.5 Å². The molecular weight excluding hydrogens is 310 g/mol. The Hall–Kier alpha value is -1.15. The van der Waals surface area contributed by atoms with Gasteiger partial charge in [-0.2, -0.15) is 0 Å².